The molecule has 0 spiro atoms. The third-order valence-electron chi connectivity index (χ3n) is 3.87. The molecule has 1 heterocycles. The Balaban J connectivity index is 2.31. The quantitative estimate of drug-likeness (QED) is 0.891. The Kier molecular flexibility index (Phi) is 3.36. The molecule has 0 saturated carbocycles. The summed E-state index contributed by atoms with van der Waals surface area (Å²) in [5, 5.41) is 5.50. The summed E-state index contributed by atoms with van der Waals surface area (Å²) in [6, 6.07) is 4.04. The van der Waals surface area contributed by atoms with E-state index in [1.807, 2.05) is 6.07 Å². The van der Waals surface area contributed by atoms with Crippen LogP contribution in [0.4, 0.5) is 5.69 Å². The van der Waals surface area contributed by atoms with Crippen LogP contribution in [0.15, 0.2) is 12.1 Å². The van der Waals surface area contributed by atoms with Crippen molar-refractivity contribution in [2.75, 3.05) is 11.9 Å². The van der Waals surface area contributed by atoms with Crippen LogP contribution < -0.4 is 5.32 Å². The van der Waals surface area contributed by atoms with Gasteiger partial charge in [-0.1, -0.05) is 24.6 Å². The molecule has 2 nitrogen and oxygen atoms in total. The minimum Gasteiger partial charge on any atom is -0.384 e. The number of nitrogens with zero attached hydrogens (tertiary/aromatic N) is 1. The predicted octanol–water partition coefficient (Wildman–Crippen LogP) is 4.51. The number of halogens is 1. The molecule has 3 heteroatoms. The van der Waals surface area contributed by atoms with E-state index in [0.29, 0.717) is 0 Å². The number of pyridine rings is 1. The summed E-state index contributed by atoms with van der Waals surface area (Å²) in [5.41, 5.74) is 6.14. The van der Waals surface area contributed by atoms with E-state index in [9.17, 15) is 0 Å². The summed E-state index contributed by atoms with van der Waals surface area (Å²) in [6.45, 7) is 5.27. The van der Waals surface area contributed by atoms with Crippen molar-refractivity contribution >= 4 is 28.2 Å². The minimum absolute atomic E-state index is 0.807. The van der Waals surface area contributed by atoms with Crippen molar-refractivity contribution in [3.63, 3.8) is 0 Å². The van der Waals surface area contributed by atoms with Crippen molar-refractivity contribution in [3.8, 4) is 0 Å². The van der Waals surface area contributed by atoms with Gasteiger partial charge < -0.3 is 5.32 Å². The number of aryl methyl sites for hydroxylation is 2. The molecule has 1 aliphatic carbocycles. The Hall–Kier alpha value is -1.28. The zero-order valence-corrected chi connectivity index (χ0v) is 12.3. The van der Waals surface area contributed by atoms with Gasteiger partial charge in [-0.25, -0.2) is 0 Å². The zero-order valence-electron chi connectivity index (χ0n) is 11.5. The molecule has 0 unspecified atom stereocenters. The summed E-state index contributed by atoms with van der Waals surface area (Å²) in [6.07, 6.45) is 4.53. The first-order chi connectivity index (χ1) is 9.22. The highest BCUT2D eigenvalue weighted by atomic mass is 35.5. The Morgan fingerprint density at radius 1 is 1.32 bits per heavy atom. The molecule has 1 aliphatic rings. The van der Waals surface area contributed by atoms with E-state index in [1.165, 1.54) is 28.9 Å². The molecule has 0 radical (unpaired) electrons. The van der Waals surface area contributed by atoms with Gasteiger partial charge in [-0.3, -0.25) is 4.98 Å². The monoisotopic (exact) mass is 274 g/mol. The molecule has 0 fully saturated rings. The van der Waals surface area contributed by atoms with E-state index >= 15 is 0 Å². The Morgan fingerprint density at radius 3 is 2.95 bits per heavy atom. The fourth-order valence-corrected chi connectivity index (χ4v) is 3.15. The van der Waals surface area contributed by atoms with Crippen LogP contribution in [0.3, 0.4) is 0 Å². The molecule has 0 amide bonds. The molecule has 1 N–H and O–H groups in total. The molecule has 100 valence electrons. The largest absolute Gasteiger partial charge is 0.384 e. The minimum atomic E-state index is 0.807. The summed E-state index contributed by atoms with van der Waals surface area (Å²) in [4.78, 5) is 4.86. The maximum atomic E-state index is 6.43. The molecule has 3 rings (SSSR count). The van der Waals surface area contributed by atoms with Crippen LogP contribution >= 0.6 is 11.6 Å². The van der Waals surface area contributed by atoms with Crippen molar-refractivity contribution in [1.29, 1.82) is 0 Å². The van der Waals surface area contributed by atoms with Crippen molar-refractivity contribution in [2.24, 2.45) is 0 Å². The molecule has 2 aromatic rings. The summed E-state index contributed by atoms with van der Waals surface area (Å²) < 4.78 is 0. The lowest BCUT2D eigenvalue weighted by molar-refractivity contribution is 0.900. The van der Waals surface area contributed by atoms with E-state index in [-0.39, 0.29) is 0 Å². The Bertz CT molecular complexity index is 634. The van der Waals surface area contributed by atoms with Crippen LogP contribution in [0.5, 0.6) is 0 Å². The summed E-state index contributed by atoms with van der Waals surface area (Å²) in [5.74, 6) is 0. The van der Waals surface area contributed by atoms with Gasteiger partial charge in [0.2, 0.25) is 0 Å². The van der Waals surface area contributed by atoms with E-state index in [4.69, 9.17) is 16.6 Å². The first-order valence-electron chi connectivity index (χ1n) is 7.06. The van der Waals surface area contributed by atoms with Crippen LogP contribution in [0, 0.1) is 6.92 Å². The smallest absolute Gasteiger partial charge is 0.0770 e. The standard InChI is InChI=1S/C16H19ClN2/c1-3-9-18-16-11-5-4-6-13(11)19-15-10(2)7-8-12(17)14(15)16/h7-8H,3-6,9H2,1-2H3,(H,18,19). The number of benzene rings is 1. The number of anilines is 1. The lowest BCUT2D eigenvalue weighted by Gasteiger charge is -2.16. The van der Waals surface area contributed by atoms with Gasteiger partial charge in [0.15, 0.2) is 0 Å². The molecular formula is C16H19ClN2. The average Bonchev–Trinajstić information content (AvgIpc) is 2.87. The number of fused-ring (bicyclic) bond motifs is 2. The van der Waals surface area contributed by atoms with Gasteiger partial charge in [-0.05, 0) is 49.8 Å². The molecule has 1 aromatic carbocycles. The lowest BCUT2D eigenvalue weighted by atomic mass is 10.0. The molecule has 0 saturated heterocycles. The lowest BCUT2D eigenvalue weighted by Crippen LogP contribution is -2.06. The van der Waals surface area contributed by atoms with Crippen LogP contribution in [-0.2, 0) is 12.8 Å². The summed E-state index contributed by atoms with van der Waals surface area (Å²) >= 11 is 6.43. The maximum Gasteiger partial charge on any atom is 0.0770 e. The van der Waals surface area contributed by atoms with Crippen molar-refractivity contribution in [2.45, 2.75) is 39.5 Å². The highest BCUT2D eigenvalue weighted by molar-refractivity contribution is 6.36. The van der Waals surface area contributed by atoms with Crippen LogP contribution in [-0.4, -0.2) is 11.5 Å². The second-order valence-electron chi connectivity index (χ2n) is 5.28. The number of nitrogens with one attached hydrogen (secondary N) is 1. The van der Waals surface area contributed by atoms with Gasteiger partial charge in [-0.15, -0.1) is 0 Å². The molecule has 0 bridgehead atoms. The first-order valence-corrected chi connectivity index (χ1v) is 7.44. The average molecular weight is 275 g/mol. The van der Waals surface area contributed by atoms with Crippen molar-refractivity contribution < 1.29 is 0 Å². The van der Waals surface area contributed by atoms with E-state index in [0.717, 1.165) is 41.7 Å². The number of aromatic nitrogens is 1. The molecule has 0 atom stereocenters. The number of hydrogen-bond acceptors (Lipinski definition) is 2. The van der Waals surface area contributed by atoms with Gasteiger partial charge in [0, 0.05) is 17.6 Å². The fourth-order valence-electron chi connectivity index (χ4n) is 2.90. The molecule has 0 aliphatic heterocycles. The first kappa shape index (κ1) is 12.7. The van der Waals surface area contributed by atoms with E-state index in [2.05, 4.69) is 25.2 Å². The Labute approximate surface area is 119 Å². The highest BCUT2D eigenvalue weighted by Gasteiger charge is 2.21. The zero-order chi connectivity index (χ0) is 13.4. The van der Waals surface area contributed by atoms with Crippen molar-refractivity contribution in [1.82, 2.24) is 4.98 Å². The normalized spacial score (nSPS) is 13.8. The molecule has 1 aromatic heterocycles. The van der Waals surface area contributed by atoms with Gasteiger partial charge >= 0.3 is 0 Å². The molecule has 19 heavy (non-hydrogen) atoms. The molecular weight excluding hydrogens is 256 g/mol. The van der Waals surface area contributed by atoms with Gasteiger partial charge in [0.05, 0.1) is 16.2 Å². The van der Waals surface area contributed by atoms with E-state index in [1.54, 1.807) is 0 Å². The van der Waals surface area contributed by atoms with E-state index < -0.39 is 0 Å². The second kappa shape index (κ2) is 5.01. The van der Waals surface area contributed by atoms with Crippen LogP contribution in [0.25, 0.3) is 10.9 Å². The van der Waals surface area contributed by atoms with Gasteiger partial charge in [-0.2, -0.15) is 0 Å². The highest BCUT2D eigenvalue weighted by Crippen LogP contribution is 2.38. The van der Waals surface area contributed by atoms with Gasteiger partial charge in [0.25, 0.3) is 0 Å². The summed E-state index contributed by atoms with van der Waals surface area (Å²) in [7, 11) is 0. The third kappa shape index (κ3) is 2.08. The maximum absolute atomic E-state index is 6.43. The Morgan fingerprint density at radius 2 is 2.16 bits per heavy atom. The van der Waals surface area contributed by atoms with Gasteiger partial charge in [0.1, 0.15) is 0 Å². The second-order valence-corrected chi connectivity index (χ2v) is 5.69. The SMILES string of the molecule is CCCNc1c2c(nc3c(C)ccc(Cl)c13)CCC2. The van der Waals surface area contributed by atoms with Crippen LogP contribution in [0.1, 0.15) is 36.6 Å². The topological polar surface area (TPSA) is 24.9 Å². The predicted molar refractivity (Wildman–Crippen MR) is 82.3 cm³/mol. The van der Waals surface area contributed by atoms with Crippen LogP contribution in [0.2, 0.25) is 5.02 Å². The third-order valence-corrected chi connectivity index (χ3v) is 4.18. The van der Waals surface area contributed by atoms with Crippen molar-refractivity contribution in [3.05, 3.63) is 34.0 Å². The number of rotatable bonds is 3. The fraction of sp³-hybridized carbons (Fsp3) is 0.438. The number of hydrogen-bond donors (Lipinski definition) is 1.